The molecule has 2 aliphatic rings. The van der Waals surface area contributed by atoms with E-state index in [1.54, 1.807) is 0 Å². The van der Waals surface area contributed by atoms with Gasteiger partial charge in [-0.25, -0.2) is 15.0 Å². The van der Waals surface area contributed by atoms with Gasteiger partial charge in [-0.1, -0.05) is 194 Å². The van der Waals surface area contributed by atoms with Gasteiger partial charge in [-0.3, -0.25) is 0 Å². The summed E-state index contributed by atoms with van der Waals surface area (Å²) in [6.45, 7) is 0. The van der Waals surface area contributed by atoms with Crippen molar-refractivity contribution in [2.45, 2.75) is 15.2 Å². The molecule has 0 N–H and O–H groups in total. The molecule has 2 heterocycles. The molecule has 0 bridgehead atoms. The van der Waals surface area contributed by atoms with Crippen LogP contribution in [0.15, 0.2) is 210 Å². The minimum absolute atomic E-state index is 0.418. The lowest BCUT2D eigenvalue weighted by Crippen LogP contribution is -2.32. The highest BCUT2D eigenvalue weighted by atomic mass is 32.2. The van der Waals surface area contributed by atoms with Gasteiger partial charge < -0.3 is 0 Å². The van der Waals surface area contributed by atoms with E-state index in [-0.39, 0.29) is 0 Å². The molecular weight excluding hydrogens is 699 g/mol. The fourth-order valence-corrected chi connectivity index (χ4v) is 9.92. The van der Waals surface area contributed by atoms with Gasteiger partial charge in [0.15, 0.2) is 17.5 Å². The number of fused-ring (bicyclic) bond motifs is 9. The molecule has 3 nitrogen and oxygen atoms in total. The van der Waals surface area contributed by atoms with Gasteiger partial charge in [0.2, 0.25) is 0 Å². The van der Waals surface area contributed by atoms with E-state index in [1.165, 1.54) is 59.9 Å². The van der Waals surface area contributed by atoms with Gasteiger partial charge >= 0.3 is 0 Å². The molecule has 9 aromatic rings. The predicted molar refractivity (Wildman–Crippen MR) is 228 cm³/mol. The van der Waals surface area contributed by atoms with Gasteiger partial charge in [0.05, 0.1) is 5.41 Å². The number of hydrogen-bond acceptors (Lipinski definition) is 4. The Bertz CT molecular complexity index is 2840. The summed E-state index contributed by atoms with van der Waals surface area (Å²) in [6, 6.07) is 71.7. The summed E-state index contributed by atoms with van der Waals surface area (Å²) in [6.07, 6.45) is 0. The first kappa shape index (κ1) is 32.5. The topological polar surface area (TPSA) is 38.7 Å². The SMILES string of the molecule is c1ccc(-c2nc(-c3ccccc3)nc(-c3ccc(-c4ccccc4-c4ccc5c(c4)C4(c6ccccc6S5)c5ccccc5-c5ccccc54)cc3)n2)cc1. The van der Waals surface area contributed by atoms with Gasteiger partial charge in [-0.2, -0.15) is 0 Å². The molecule has 56 heavy (non-hydrogen) atoms. The number of aromatic nitrogens is 3. The maximum atomic E-state index is 4.97. The zero-order valence-electron chi connectivity index (χ0n) is 30.3. The van der Waals surface area contributed by atoms with Gasteiger partial charge in [-0.05, 0) is 73.8 Å². The van der Waals surface area contributed by atoms with Gasteiger partial charge in [0, 0.05) is 26.5 Å². The summed E-state index contributed by atoms with van der Waals surface area (Å²) >= 11 is 1.88. The molecule has 1 aliphatic carbocycles. The molecule has 1 spiro atoms. The molecule has 0 amide bonds. The van der Waals surface area contributed by atoms with Crippen LogP contribution in [0.5, 0.6) is 0 Å². The molecule has 1 aromatic heterocycles. The highest BCUT2D eigenvalue weighted by Crippen LogP contribution is 2.62. The average Bonchev–Trinajstić information content (AvgIpc) is 3.57. The van der Waals surface area contributed by atoms with Crippen LogP contribution in [0.3, 0.4) is 0 Å². The molecule has 0 saturated heterocycles. The highest BCUT2D eigenvalue weighted by Gasteiger charge is 2.50. The smallest absolute Gasteiger partial charge is 0.164 e. The molecule has 0 unspecified atom stereocenters. The Balaban J connectivity index is 1.03. The number of benzene rings is 8. The Morgan fingerprint density at radius 1 is 0.286 bits per heavy atom. The largest absolute Gasteiger partial charge is 0.208 e. The summed E-state index contributed by atoms with van der Waals surface area (Å²) in [5.41, 5.74) is 15.1. The van der Waals surface area contributed by atoms with Crippen LogP contribution in [0.1, 0.15) is 22.3 Å². The van der Waals surface area contributed by atoms with E-state index in [4.69, 9.17) is 15.0 Å². The molecule has 0 saturated carbocycles. The molecule has 0 fully saturated rings. The van der Waals surface area contributed by atoms with E-state index in [9.17, 15) is 0 Å². The van der Waals surface area contributed by atoms with Crippen LogP contribution < -0.4 is 0 Å². The van der Waals surface area contributed by atoms with Gasteiger partial charge in [-0.15, -0.1) is 0 Å². The zero-order chi connectivity index (χ0) is 37.1. The summed E-state index contributed by atoms with van der Waals surface area (Å²) in [5.74, 6) is 1.96. The van der Waals surface area contributed by atoms with Crippen LogP contribution in [0.2, 0.25) is 0 Å². The molecule has 1 aliphatic heterocycles. The monoisotopic (exact) mass is 731 g/mol. The van der Waals surface area contributed by atoms with Crippen molar-refractivity contribution in [2.75, 3.05) is 0 Å². The van der Waals surface area contributed by atoms with Crippen molar-refractivity contribution in [1.82, 2.24) is 15.0 Å². The number of rotatable bonds is 5. The second-order valence-electron chi connectivity index (χ2n) is 14.3. The normalized spacial score (nSPS) is 13.1. The van der Waals surface area contributed by atoms with Crippen molar-refractivity contribution >= 4 is 11.8 Å². The predicted octanol–water partition coefficient (Wildman–Crippen LogP) is 13.0. The first-order valence-electron chi connectivity index (χ1n) is 18.9. The maximum Gasteiger partial charge on any atom is 0.164 e. The van der Waals surface area contributed by atoms with E-state index < -0.39 is 5.41 Å². The van der Waals surface area contributed by atoms with E-state index in [2.05, 4.69) is 140 Å². The van der Waals surface area contributed by atoms with E-state index >= 15 is 0 Å². The number of hydrogen-bond donors (Lipinski definition) is 0. The Kier molecular flexibility index (Phi) is 7.64. The molecule has 0 radical (unpaired) electrons. The van der Waals surface area contributed by atoms with Crippen LogP contribution in [0.4, 0.5) is 0 Å². The Morgan fingerprint density at radius 3 is 1.25 bits per heavy atom. The Hall–Kier alpha value is -6.88. The fraction of sp³-hybridized carbons (Fsp3) is 0.0192. The van der Waals surface area contributed by atoms with Crippen LogP contribution in [-0.4, -0.2) is 15.0 Å². The Morgan fingerprint density at radius 2 is 0.679 bits per heavy atom. The second-order valence-corrected chi connectivity index (χ2v) is 15.4. The number of nitrogens with zero attached hydrogens (tertiary/aromatic N) is 3. The van der Waals surface area contributed by atoms with E-state index in [1.807, 2.05) is 72.4 Å². The van der Waals surface area contributed by atoms with Crippen LogP contribution in [0.25, 0.3) is 67.5 Å². The van der Waals surface area contributed by atoms with Crippen molar-refractivity contribution in [3.8, 4) is 67.5 Å². The molecule has 8 aromatic carbocycles. The third-order valence-corrected chi connectivity index (χ3v) is 12.4. The van der Waals surface area contributed by atoms with Crippen molar-refractivity contribution in [1.29, 1.82) is 0 Å². The lowest BCUT2D eigenvalue weighted by molar-refractivity contribution is 0.723. The molecule has 262 valence electrons. The summed E-state index contributed by atoms with van der Waals surface area (Å²) < 4.78 is 0. The third-order valence-electron chi connectivity index (χ3n) is 11.2. The molecule has 0 atom stereocenters. The van der Waals surface area contributed by atoms with Crippen molar-refractivity contribution in [3.05, 3.63) is 222 Å². The van der Waals surface area contributed by atoms with Crippen LogP contribution in [-0.2, 0) is 5.41 Å². The Labute approximate surface area is 330 Å². The van der Waals surface area contributed by atoms with Gasteiger partial charge in [0.25, 0.3) is 0 Å². The van der Waals surface area contributed by atoms with Crippen molar-refractivity contribution < 1.29 is 0 Å². The molecule has 4 heteroatoms. The molecular formula is C52H33N3S. The van der Waals surface area contributed by atoms with Crippen molar-refractivity contribution in [3.63, 3.8) is 0 Å². The van der Waals surface area contributed by atoms with Gasteiger partial charge in [0.1, 0.15) is 0 Å². The molecule has 11 rings (SSSR count). The van der Waals surface area contributed by atoms with Crippen LogP contribution >= 0.6 is 11.8 Å². The van der Waals surface area contributed by atoms with E-state index in [0.29, 0.717) is 17.5 Å². The van der Waals surface area contributed by atoms with E-state index in [0.717, 1.165) is 22.3 Å². The third kappa shape index (κ3) is 5.10. The van der Waals surface area contributed by atoms with Crippen LogP contribution in [0, 0.1) is 0 Å². The lowest BCUT2D eigenvalue weighted by Gasteiger charge is -2.40. The summed E-state index contributed by atoms with van der Waals surface area (Å²) in [5, 5.41) is 0. The maximum absolute atomic E-state index is 4.97. The lowest BCUT2D eigenvalue weighted by atomic mass is 9.67. The summed E-state index contributed by atoms with van der Waals surface area (Å²) in [4.78, 5) is 17.4. The first-order valence-corrected chi connectivity index (χ1v) is 19.8. The second kappa shape index (κ2) is 13.2. The fourth-order valence-electron chi connectivity index (χ4n) is 8.75. The first-order chi connectivity index (χ1) is 27.8. The minimum atomic E-state index is -0.418. The minimum Gasteiger partial charge on any atom is -0.208 e. The summed E-state index contributed by atoms with van der Waals surface area (Å²) in [7, 11) is 0. The quantitative estimate of drug-likeness (QED) is 0.177. The average molecular weight is 732 g/mol. The standard InChI is InChI=1S/C52H33N3S/c1-3-15-35(16-4-1)49-53-50(36-17-5-2-6-18-36)55-51(54-49)37-29-27-34(28-30-37)39-19-7-8-20-40(39)38-31-32-48-46(33-38)52(45-25-13-14-26-47(45)56-48)43-23-11-9-21-41(43)42-22-10-12-24-44(42)52/h1-33H. The van der Waals surface area contributed by atoms with Crippen molar-refractivity contribution in [2.24, 2.45) is 0 Å². The highest BCUT2D eigenvalue weighted by molar-refractivity contribution is 7.99. The zero-order valence-corrected chi connectivity index (χ0v) is 31.1.